The van der Waals surface area contributed by atoms with Crippen LogP contribution in [0.3, 0.4) is 0 Å². The van der Waals surface area contributed by atoms with Crippen LogP contribution in [0.1, 0.15) is 23.7 Å². The van der Waals surface area contributed by atoms with Crippen LogP contribution in [0.5, 0.6) is 0 Å². The molecule has 2 amide bonds. The third-order valence-corrected chi connectivity index (χ3v) is 3.50. The maximum Gasteiger partial charge on any atom is 0.251 e. The van der Waals surface area contributed by atoms with Crippen molar-refractivity contribution in [1.82, 2.24) is 10.6 Å². The maximum atomic E-state index is 12.1. The van der Waals surface area contributed by atoms with E-state index >= 15 is 0 Å². The van der Waals surface area contributed by atoms with E-state index in [0.29, 0.717) is 5.56 Å². The molecule has 2 atom stereocenters. The highest BCUT2D eigenvalue weighted by molar-refractivity contribution is 5.96. The van der Waals surface area contributed by atoms with E-state index in [-0.39, 0.29) is 23.8 Å². The van der Waals surface area contributed by atoms with E-state index in [4.69, 9.17) is 0 Å². The molecule has 3 N–H and O–H groups in total. The predicted molar refractivity (Wildman–Crippen MR) is 74.0 cm³/mol. The average Bonchev–Trinajstić information content (AvgIpc) is 2.85. The van der Waals surface area contributed by atoms with Gasteiger partial charge in [0.2, 0.25) is 5.91 Å². The first kappa shape index (κ1) is 13.5. The summed E-state index contributed by atoms with van der Waals surface area (Å²) in [4.78, 5) is 23.5. The van der Waals surface area contributed by atoms with Gasteiger partial charge in [-0.2, -0.15) is 0 Å². The molecule has 0 spiro atoms. The molecular weight excluding hydrogens is 242 g/mol. The molecule has 1 aromatic carbocycles. The Balaban J connectivity index is 1.99. The molecule has 0 aliphatic carbocycles. The van der Waals surface area contributed by atoms with Crippen molar-refractivity contribution in [3.63, 3.8) is 0 Å². The quantitative estimate of drug-likeness (QED) is 0.759. The van der Waals surface area contributed by atoms with Gasteiger partial charge < -0.3 is 16.0 Å². The van der Waals surface area contributed by atoms with Crippen molar-refractivity contribution in [3.8, 4) is 0 Å². The molecule has 5 nitrogen and oxygen atoms in total. The molecule has 0 bridgehead atoms. The molecule has 1 saturated heterocycles. The van der Waals surface area contributed by atoms with Gasteiger partial charge in [-0.15, -0.1) is 0 Å². The molecule has 1 aromatic rings. The molecule has 0 aromatic heterocycles. The van der Waals surface area contributed by atoms with Crippen molar-refractivity contribution in [1.29, 1.82) is 0 Å². The topological polar surface area (TPSA) is 70.2 Å². The van der Waals surface area contributed by atoms with Crippen LogP contribution >= 0.6 is 0 Å². The van der Waals surface area contributed by atoms with Gasteiger partial charge in [-0.3, -0.25) is 9.59 Å². The predicted octanol–water partition coefficient (Wildman–Crippen LogP) is 0.983. The number of rotatable bonds is 3. The standard InChI is InChI=1S/C14H19N3O2/c1-9-12(7-8-16-9)14(19)17-11-5-3-10(4-6-11)13(18)15-2/h3-6,9,12,16H,7-8H2,1-2H3,(H,15,18)(H,17,19). The summed E-state index contributed by atoms with van der Waals surface area (Å²) in [5.74, 6) is -0.0877. The Morgan fingerprint density at radius 3 is 2.47 bits per heavy atom. The second-order valence-corrected chi connectivity index (χ2v) is 4.78. The fraction of sp³-hybridized carbons (Fsp3) is 0.429. The zero-order chi connectivity index (χ0) is 13.8. The van der Waals surface area contributed by atoms with E-state index in [0.717, 1.165) is 18.7 Å². The second kappa shape index (κ2) is 5.84. The lowest BCUT2D eigenvalue weighted by atomic mass is 10.0. The summed E-state index contributed by atoms with van der Waals surface area (Å²) in [6, 6.07) is 7.10. The van der Waals surface area contributed by atoms with Gasteiger partial charge in [0.1, 0.15) is 0 Å². The minimum Gasteiger partial charge on any atom is -0.355 e. The second-order valence-electron chi connectivity index (χ2n) is 4.78. The minimum absolute atomic E-state index is 0.0126. The number of carbonyl (C=O) groups is 2. The van der Waals surface area contributed by atoms with Gasteiger partial charge in [0.15, 0.2) is 0 Å². The lowest BCUT2D eigenvalue weighted by Crippen LogP contribution is -2.32. The lowest BCUT2D eigenvalue weighted by Gasteiger charge is -2.15. The molecule has 2 unspecified atom stereocenters. The minimum atomic E-state index is -0.133. The Bertz CT molecular complexity index is 470. The van der Waals surface area contributed by atoms with E-state index in [1.807, 2.05) is 6.92 Å². The van der Waals surface area contributed by atoms with Crippen molar-refractivity contribution >= 4 is 17.5 Å². The first-order chi connectivity index (χ1) is 9.11. The van der Waals surface area contributed by atoms with Gasteiger partial charge in [0, 0.05) is 24.3 Å². The SMILES string of the molecule is CNC(=O)c1ccc(NC(=O)C2CCNC2C)cc1. The molecule has 19 heavy (non-hydrogen) atoms. The van der Waals surface area contributed by atoms with Crippen molar-refractivity contribution < 1.29 is 9.59 Å². The fourth-order valence-electron chi connectivity index (χ4n) is 2.30. The molecule has 102 valence electrons. The molecule has 1 aliphatic heterocycles. The summed E-state index contributed by atoms with van der Waals surface area (Å²) in [6.07, 6.45) is 0.864. The number of amides is 2. The van der Waals surface area contributed by atoms with Crippen LogP contribution in [0.4, 0.5) is 5.69 Å². The number of benzene rings is 1. The van der Waals surface area contributed by atoms with Gasteiger partial charge in [-0.25, -0.2) is 0 Å². The Morgan fingerprint density at radius 1 is 1.26 bits per heavy atom. The number of hydrogen-bond acceptors (Lipinski definition) is 3. The Morgan fingerprint density at radius 2 is 1.95 bits per heavy atom. The molecule has 1 fully saturated rings. The van der Waals surface area contributed by atoms with Crippen LogP contribution < -0.4 is 16.0 Å². The summed E-state index contributed by atoms with van der Waals surface area (Å²) >= 11 is 0. The summed E-state index contributed by atoms with van der Waals surface area (Å²) in [5, 5.41) is 8.70. The van der Waals surface area contributed by atoms with Crippen LogP contribution in [-0.2, 0) is 4.79 Å². The Hall–Kier alpha value is -1.88. The highest BCUT2D eigenvalue weighted by Crippen LogP contribution is 2.18. The zero-order valence-corrected chi connectivity index (χ0v) is 11.2. The molecule has 1 heterocycles. The molecule has 0 saturated carbocycles. The average molecular weight is 261 g/mol. The molecule has 1 aliphatic rings. The smallest absolute Gasteiger partial charge is 0.251 e. The number of carbonyl (C=O) groups excluding carboxylic acids is 2. The number of hydrogen-bond donors (Lipinski definition) is 3. The third-order valence-electron chi connectivity index (χ3n) is 3.50. The van der Waals surface area contributed by atoms with E-state index in [9.17, 15) is 9.59 Å². The van der Waals surface area contributed by atoms with Crippen molar-refractivity contribution in [2.45, 2.75) is 19.4 Å². The first-order valence-electron chi connectivity index (χ1n) is 6.48. The normalized spacial score (nSPS) is 22.0. The molecule has 2 rings (SSSR count). The van der Waals surface area contributed by atoms with E-state index in [1.165, 1.54) is 0 Å². The third kappa shape index (κ3) is 3.12. The fourth-order valence-corrected chi connectivity index (χ4v) is 2.30. The van der Waals surface area contributed by atoms with Crippen molar-refractivity contribution in [3.05, 3.63) is 29.8 Å². The van der Waals surface area contributed by atoms with Crippen LogP contribution in [0.2, 0.25) is 0 Å². The van der Waals surface area contributed by atoms with Gasteiger partial charge in [0.25, 0.3) is 5.91 Å². The van der Waals surface area contributed by atoms with Gasteiger partial charge >= 0.3 is 0 Å². The van der Waals surface area contributed by atoms with Crippen LogP contribution in [0, 0.1) is 5.92 Å². The lowest BCUT2D eigenvalue weighted by molar-refractivity contribution is -0.120. The highest BCUT2D eigenvalue weighted by atomic mass is 16.2. The Kier molecular flexibility index (Phi) is 4.16. The first-order valence-corrected chi connectivity index (χ1v) is 6.48. The largest absolute Gasteiger partial charge is 0.355 e. The summed E-state index contributed by atoms with van der Waals surface area (Å²) in [5.41, 5.74) is 1.30. The van der Waals surface area contributed by atoms with Gasteiger partial charge in [-0.1, -0.05) is 0 Å². The molecule has 5 heteroatoms. The van der Waals surface area contributed by atoms with E-state index in [1.54, 1.807) is 31.3 Å². The van der Waals surface area contributed by atoms with Crippen molar-refractivity contribution in [2.75, 3.05) is 18.9 Å². The van der Waals surface area contributed by atoms with Crippen molar-refractivity contribution in [2.24, 2.45) is 5.92 Å². The number of nitrogens with one attached hydrogen (secondary N) is 3. The van der Waals surface area contributed by atoms with E-state index < -0.39 is 0 Å². The zero-order valence-electron chi connectivity index (χ0n) is 11.2. The summed E-state index contributed by atoms with van der Waals surface area (Å²) in [6.45, 7) is 2.90. The highest BCUT2D eigenvalue weighted by Gasteiger charge is 2.29. The van der Waals surface area contributed by atoms with Crippen LogP contribution in [0.25, 0.3) is 0 Å². The molecule has 0 radical (unpaired) electrons. The monoisotopic (exact) mass is 261 g/mol. The molecular formula is C14H19N3O2. The Labute approximate surface area is 112 Å². The van der Waals surface area contributed by atoms with Crippen LogP contribution in [0.15, 0.2) is 24.3 Å². The number of anilines is 1. The van der Waals surface area contributed by atoms with E-state index in [2.05, 4.69) is 16.0 Å². The summed E-state index contributed by atoms with van der Waals surface area (Å²) in [7, 11) is 1.59. The maximum absolute atomic E-state index is 12.1. The van der Waals surface area contributed by atoms with Gasteiger partial charge in [0.05, 0.1) is 5.92 Å². The summed E-state index contributed by atoms with van der Waals surface area (Å²) < 4.78 is 0. The van der Waals surface area contributed by atoms with Gasteiger partial charge in [-0.05, 0) is 44.2 Å². The van der Waals surface area contributed by atoms with Crippen LogP contribution in [-0.4, -0.2) is 31.4 Å².